The number of urea groups is 1. The van der Waals surface area contributed by atoms with Crippen LogP contribution in [0.1, 0.15) is 6.92 Å². The quantitative estimate of drug-likeness (QED) is 0.808. The summed E-state index contributed by atoms with van der Waals surface area (Å²) in [6, 6.07) is 7.48. The predicted molar refractivity (Wildman–Crippen MR) is 85.6 cm³/mol. The van der Waals surface area contributed by atoms with E-state index in [1.165, 1.54) is 0 Å². The van der Waals surface area contributed by atoms with E-state index < -0.39 is 0 Å². The highest BCUT2D eigenvalue weighted by Crippen LogP contribution is 2.17. The van der Waals surface area contributed by atoms with Crippen molar-refractivity contribution in [2.24, 2.45) is 0 Å². The summed E-state index contributed by atoms with van der Waals surface area (Å²) >= 11 is 0. The number of carbonyl (C=O) groups is 1. The molecule has 0 aliphatic carbocycles. The molecule has 0 aromatic heterocycles. The minimum absolute atomic E-state index is 0.0107. The third kappa shape index (κ3) is 5.11. The van der Waals surface area contributed by atoms with E-state index in [-0.39, 0.29) is 6.03 Å². The van der Waals surface area contributed by atoms with Crippen LogP contribution in [0.3, 0.4) is 0 Å². The summed E-state index contributed by atoms with van der Waals surface area (Å²) in [5, 5.41) is 2.89. The Kier molecular flexibility index (Phi) is 6.33. The van der Waals surface area contributed by atoms with E-state index in [1.807, 2.05) is 36.1 Å². The van der Waals surface area contributed by atoms with Crippen molar-refractivity contribution >= 4 is 6.03 Å². The van der Waals surface area contributed by atoms with E-state index in [1.54, 1.807) is 0 Å². The molecule has 2 rings (SSSR count). The molecule has 1 N–H and O–H groups in total. The van der Waals surface area contributed by atoms with Crippen molar-refractivity contribution in [1.29, 1.82) is 0 Å². The highest BCUT2D eigenvalue weighted by Gasteiger charge is 2.18. The topological polar surface area (TPSA) is 54.0 Å². The van der Waals surface area contributed by atoms with Gasteiger partial charge in [0.15, 0.2) is 0 Å². The number of nitrogens with one attached hydrogen (secondary N) is 1. The number of likely N-dealkylation sites (N-methyl/N-ethyl adjacent to an activating group) is 1. The van der Waals surface area contributed by atoms with Gasteiger partial charge in [0.2, 0.25) is 0 Å². The maximum Gasteiger partial charge on any atom is 0.317 e. The predicted octanol–water partition coefficient (Wildman–Crippen LogP) is 1.42. The van der Waals surface area contributed by atoms with E-state index in [9.17, 15) is 4.79 Å². The van der Waals surface area contributed by atoms with Crippen LogP contribution in [0, 0.1) is 0 Å². The number of piperazine rings is 1. The molecule has 1 aliphatic rings. The van der Waals surface area contributed by atoms with E-state index in [0.29, 0.717) is 19.8 Å². The van der Waals surface area contributed by atoms with E-state index in [4.69, 9.17) is 9.47 Å². The van der Waals surface area contributed by atoms with Crippen molar-refractivity contribution in [2.75, 3.05) is 53.0 Å². The molecule has 1 aromatic carbocycles. The summed E-state index contributed by atoms with van der Waals surface area (Å²) < 4.78 is 11.0. The van der Waals surface area contributed by atoms with Gasteiger partial charge in [-0.2, -0.15) is 0 Å². The number of carbonyl (C=O) groups excluding carboxylic acids is 1. The van der Waals surface area contributed by atoms with Crippen molar-refractivity contribution < 1.29 is 14.3 Å². The molecule has 0 unspecified atom stereocenters. The van der Waals surface area contributed by atoms with Gasteiger partial charge >= 0.3 is 6.03 Å². The van der Waals surface area contributed by atoms with Gasteiger partial charge in [0.25, 0.3) is 0 Å². The highest BCUT2D eigenvalue weighted by atomic mass is 16.5. The lowest BCUT2D eigenvalue weighted by Gasteiger charge is -2.32. The summed E-state index contributed by atoms with van der Waals surface area (Å²) in [5.41, 5.74) is 0. The van der Waals surface area contributed by atoms with Crippen LogP contribution >= 0.6 is 0 Å². The molecule has 0 radical (unpaired) electrons. The molecule has 2 amide bonds. The van der Waals surface area contributed by atoms with Crippen LogP contribution < -0.4 is 14.8 Å². The van der Waals surface area contributed by atoms with Gasteiger partial charge in [-0.25, -0.2) is 4.79 Å². The Morgan fingerprint density at radius 2 is 1.68 bits per heavy atom. The number of rotatable bonds is 6. The number of ether oxygens (including phenoxy) is 2. The largest absolute Gasteiger partial charge is 0.494 e. The van der Waals surface area contributed by atoms with Crippen molar-refractivity contribution in [3.8, 4) is 11.5 Å². The summed E-state index contributed by atoms with van der Waals surface area (Å²) in [6.07, 6.45) is 0. The molecule has 0 atom stereocenters. The van der Waals surface area contributed by atoms with E-state index >= 15 is 0 Å². The van der Waals surface area contributed by atoms with Crippen molar-refractivity contribution in [2.45, 2.75) is 6.92 Å². The van der Waals surface area contributed by atoms with Crippen molar-refractivity contribution in [3.05, 3.63) is 24.3 Å². The highest BCUT2D eigenvalue weighted by molar-refractivity contribution is 5.74. The van der Waals surface area contributed by atoms with Gasteiger partial charge in [-0.1, -0.05) is 0 Å². The minimum atomic E-state index is -0.0107. The van der Waals surface area contributed by atoms with Crippen LogP contribution in [-0.2, 0) is 0 Å². The smallest absolute Gasteiger partial charge is 0.317 e. The molecule has 22 heavy (non-hydrogen) atoms. The number of benzene rings is 1. The zero-order chi connectivity index (χ0) is 15.8. The lowest BCUT2D eigenvalue weighted by atomic mass is 10.3. The monoisotopic (exact) mass is 307 g/mol. The number of hydrogen-bond donors (Lipinski definition) is 1. The summed E-state index contributed by atoms with van der Waals surface area (Å²) in [5.74, 6) is 1.61. The fourth-order valence-corrected chi connectivity index (χ4v) is 2.25. The molecule has 6 heteroatoms. The average Bonchev–Trinajstić information content (AvgIpc) is 2.54. The van der Waals surface area contributed by atoms with Crippen LogP contribution in [0.2, 0.25) is 0 Å². The normalized spacial score (nSPS) is 15.5. The molecule has 1 saturated heterocycles. The van der Waals surface area contributed by atoms with Crippen LogP contribution in [0.15, 0.2) is 24.3 Å². The Bertz CT molecular complexity index is 456. The van der Waals surface area contributed by atoms with Gasteiger partial charge in [0, 0.05) is 26.2 Å². The number of amides is 2. The number of hydrogen-bond acceptors (Lipinski definition) is 4. The maximum absolute atomic E-state index is 12.0. The van der Waals surface area contributed by atoms with Crippen LogP contribution in [0.4, 0.5) is 4.79 Å². The van der Waals surface area contributed by atoms with Gasteiger partial charge in [0.05, 0.1) is 13.2 Å². The van der Waals surface area contributed by atoms with Crippen molar-refractivity contribution in [1.82, 2.24) is 15.1 Å². The lowest BCUT2D eigenvalue weighted by Crippen LogP contribution is -2.51. The first-order valence-electron chi connectivity index (χ1n) is 7.76. The SMILES string of the molecule is CCOc1ccc(OCCNC(=O)N2CCN(C)CC2)cc1. The minimum Gasteiger partial charge on any atom is -0.494 e. The summed E-state index contributed by atoms with van der Waals surface area (Å²) in [4.78, 5) is 16.0. The fraction of sp³-hybridized carbons (Fsp3) is 0.562. The van der Waals surface area contributed by atoms with Crippen LogP contribution in [0.25, 0.3) is 0 Å². The molecule has 1 aliphatic heterocycles. The summed E-state index contributed by atoms with van der Waals surface area (Å²) in [7, 11) is 2.07. The molecule has 1 aromatic rings. The second-order valence-corrected chi connectivity index (χ2v) is 5.28. The molecule has 1 heterocycles. The second kappa shape index (κ2) is 8.48. The Hall–Kier alpha value is -1.95. The Morgan fingerprint density at radius 3 is 2.27 bits per heavy atom. The Balaban J connectivity index is 1.63. The molecular weight excluding hydrogens is 282 g/mol. The van der Waals surface area contributed by atoms with Gasteiger partial charge < -0.3 is 24.6 Å². The van der Waals surface area contributed by atoms with E-state index in [0.717, 1.165) is 37.7 Å². The lowest BCUT2D eigenvalue weighted by molar-refractivity contribution is 0.153. The van der Waals surface area contributed by atoms with Crippen LogP contribution in [-0.4, -0.2) is 68.8 Å². The fourth-order valence-electron chi connectivity index (χ4n) is 2.25. The zero-order valence-electron chi connectivity index (χ0n) is 13.4. The Morgan fingerprint density at radius 1 is 1.09 bits per heavy atom. The van der Waals surface area contributed by atoms with Crippen molar-refractivity contribution in [3.63, 3.8) is 0 Å². The molecule has 1 fully saturated rings. The first-order valence-corrected chi connectivity index (χ1v) is 7.76. The summed E-state index contributed by atoms with van der Waals surface area (Å²) in [6.45, 7) is 6.97. The second-order valence-electron chi connectivity index (χ2n) is 5.28. The van der Waals surface area contributed by atoms with E-state index in [2.05, 4.69) is 17.3 Å². The van der Waals surface area contributed by atoms with Crippen LogP contribution in [0.5, 0.6) is 11.5 Å². The zero-order valence-corrected chi connectivity index (χ0v) is 13.4. The molecule has 0 saturated carbocycles. The van der Waals surface area contributed by atoms with Gasteiger partial charge in [-0.05, 0) is 38.2 Å². The number of nitrogens with zero attached hydrogens (tertiary/aromatic N) is 2. The standard InChI is InChI=1S/C16H25N3O3/c1-3-21-14-4-6-15(7-5-14)22-13-8-17-16(20)19-11-9-18(2)10-12-19/h4-7H,3,8-13H2,1-2H3,(H,17,20). The molecule has 6 nitrogen and oxygen atoms in total. The maximum atomic E-state index is 12.0. The average molecular weight is 307 g/mol. The van der Waals surface area contributed by atoms with Gasteiger partial charge in [-0.15, -0.1) is 0 Å². The van der Waals surface area contributed by atoms with Gasteiger partial charge in [-0.3, -0.25) is 0 Å². The van der Waals surface area contributed by atoms with Gasteiger partial charge in [0.1, 0.15) is 18.1 Å². The third-order valence-electron chi connectivity index (χ3n) is 3.57. The molecular formula is C16H25N3O3. The Labute approximate surface area is 132 Å². The third-order valence-corrected chi connectivity index (χ3v) is 3.57. The molecule has 122 valence electrons. The first-order chi connectivity index (χ1) is 10.7. The molecule has 0 bridgehead atoms. The first kappa shape index (κ1) is 16.4. The molecule has 0 spiro atoms.